The van der Waals surface area contributed by atoms with Crippen molar-refractivity contribution < 1.29 is 4.79 Å². The predicted molar refractivity (Wildman–Crippen MR) is 52.0 cm³/mol. The third-order valence-corrected chi connectivity index (χ3v) is 2.82. The fourth-order valence-corrected chi connectivity index (χ4v) is 1.77. The number of halogens is 1. The molecule has 1 aromatic carbocycles. The Morgan fingerprint density at radius 2 is 2.08 bits per heavy atom. The number of hydrogen-bond donors (Lipinski definition) is 0. The molecule has 12 heavy (non-hydrogen) atoms. The lowest BCUT2D eigenvalue weighted by molar-refractivity contribution is 0.102. The van der Waals surface area contributed by atoms with E-state index in [1.165, 1.54) is 17.5 Å². The van der Waals surface area contributed by atoms with Crippen molar-refractivity contribution in [2.75, 3.05) is 5.33 Å². The lowest BCUT2D eigenvalue weighted by Crippen LogP contribution is -2.10. The highest BCUT2D eigenvalue weighted by Gasteiger charge is 2.14. The van der Waals surface area contributed by atoms with E-state index >= 15 is 0 Å². The maximum atomic E-state index is 11.3. The number of carbonyl (C=O) groups excluding carboxylic acids is 1. The molecule has 2 heteroatoms. The van der Waals surface area contributed by atoms with Crippen LogP contribution in [0.15, 0.2) is 18.2 Å². The zero-order valence-corrected chi connectivity index (χ0v) is 8.23. The highest BCUT2D eigenvalue weighted by Crippen LogP contribution is 2.23. The Morgan fingerprint density at radius 3 is 2.58 bits per heavy atom. The molecule has 1 aliphatic carbocycles. The Hall–Kier alpha value is -0.630. The number of benzene rings is 1. The smallest absolute Gasteiger partial charge is 0.173 e. The molecule has 0 radical (unpaired) electrons. The zero-order chi connectivity index (χ0) is 8.55. The Bertz CT molecular complexity index is 331. The molecule has 0 aliphatic heterocycles. The van der Waals surface area contributed by atoms with E-state index < -0.39 is 0 Å². The van der Waals surface area contributed by atoms with Gasteiger partial charge in [-0.1, -0.05) is 28.1 Å². The monoisotopic (exact) mass is 224 g/mol. The molecule has 0 saturated heterocycles. The molecule has 2 rings (SSSR count). The van der Waals surface area contributed by atoms with Crippen LogP contribution in [0.25, 0.3) is 0 Å². The van der Waals surface area contributed by atoms with Gasteiger partial charge in [0.05, 0.1) is 5.33 Å². The molecule has 62 valence electrons. The van der Waals surface area contributed by atoms with Crippen LogP contribution in [-0.4, -0.2) is 11.1 Å². The summed E-state index contributed by atoms with van der Waals surface area (Å²) in [5, 5.41) is 0.422. The van der Waals surface area contributed by atoms with Gasteiger partial charge < -0.3 is 0 Å². The van der Waals surface area contributed by atoms with E-state index in [0.29, 0.717) is 5.33 Å². The number of aryl methyl sites for hydroxylation is 2. The molecule has 0 fully saturated rings. The summed E-state index contributed by atoms with van der Waals surface area (Å²) in [7, 11) is 0. The Kier molecular flexibility index (Phi) is 2.01. The molecule has 0 aromatic heterocycles. The lowest BCUT2D eigenvalue weighted by atomic mass is 9.87. The van der Waals surface area contributed by atoms with Crippen molar-refractivity contribution in [1.29, 1.82) is 0 Å². The van der Waals surface area contributed by atoms with Crippen LogP contribution in [0.3, 0.4) is 0 Å². The van der Waals surface area contributed by atoms with Gasteiger partial charge in [-0.2, -0.15) is 0 Å². The number of Topliss-reactive ketones (excluding diaryl/α,β-unsaturated/α-hetero) is 1. The highest BCUT2D eigenvalue weighted by atomic mass is 79.9. The van der Waals surface area contributed by atoms with E-state index in [0.717, 1.165) is 12.0 Å². The molecular weight excluding hydrogens is 216 g/mol. The minimum Gasteiger partial charge on any atom is -0.293 e. The van der Waals surface area contributed by atoms with Crippen molar-refractivity contribution in [3.8, 4) is 0 Å². The Balaban J connectivity index is 2.35. The summed E-state index contributed by atoms with van der Waals surface area (Å²) in [4.78, 5) is 11.3. The fraction of sp³-hybridized carbons (Fsp3) is 0.300. The first kappa shape index (κ1) is 7.99. The standard InChI is InChI=1S/C10H9BrO/c11-6-10(12)9-4-2-7-1-3-8(7)5-9/h2,4-5H,1,3,6H2. The van der Waals surface area contributed by atoms with E-state index in [-0.39, 0.29) is 5.78 Å². The average molecular weight is 225 g/mol. The predicted octanol–water partition coefficient (Wildman–Crippen LogP) is 2.36. The molecule has 1 aromatic rings. The molecule has 0 atom stereocenters. The molecule has 0 spiro atoms. The Labute approximate surface area is 79.9 Å². The fourth-order valence-electron chi connectivity index (χ4n) is 1.45. The Morgan fingerprint density at radius 1 is 1.33 bits per heavy atom. The van der Waals surface area contributed by atoms with Gasteiger partial charge in [0.2, 0.25) is 0 Å². The van der Waals surface area contributed by atoms with Crippen LogP contribution in [0.2, 0.25) is 0 Å². The minimum absolute atomic E-state index is 0.171. The lowest BCUT2D eigenvalue weighted by Gasteiger charge is -2.18. The first-order valence-electron chi connectivity index (χ1n) is 4.02. The van der Waals surface area contributed by atoms with Crippen LogP contribution in [0.4, 0.5) is 0 Å². The second-order valence-corrected chi connectivity index (χ2v) is 3.60. The van der Waals surface area contributed by atoms with Crippen molar-refractivity contribution in [2.24, 2.45) is 0 Å². The van der Waals surface area contributed by atoms with E-state index in [1.54, 1.807) is 0 Å². The van der Waals surface area contributed by atoms with Gasteiger partial charge in [-0.25, -0.2) is 0 Å². The SMILES string of the molecule is O=C(CBr)c1ccc2c(c1)CC2. The van der Waals surface area contributed by atoms with Crippen molar-refractivity contribution >= 4 is 21.7 Å². The first-order chi connectivity index (χ1) is 5.81. The summed E-state index contributed by atoms with van der Waals surface area (Å²) in [6, 6.07) is 6.00. The molecule has 1 nitrogen and oxygen atoms in total. The van der Waals surface area contributed by atoms with E-state index in [4.69, 9.17) is 0 Å². The van der Waals surface area contributed by atoms with Crippen LogP contribution >= 0.6 is 15.9 Å². The molecule has 0 amide bonds. The maximum absolute atomic E-state index is 11.3. The quantitative estimate of drug-likeness (QED) is 0.557. The highest BCUT2D eigenvalue weighted by molar-refractivity contribution is 9.09. The van der Waals surface area contributed by atoms with Crippen LogP contribution in [0, 0.1) is 0 Å². The largest absolute Gasteiger partial charge is 0.293 e. The maximum Gasteiger partial charge on any atom is 0.173 e. The second-order valence-electron chi connectivity index (χ2n) is 3.04. The van der Waals surface area contributed by atoms with Gasteiger partial charge in [-0.05, 0) is 30.0 Å². The zero-order valence-electron chi connectivity index (χ0n) is 6.64. The van der Waals surface area contributed by atoms with Gasteiger partial charge in [0, 0.05) is 5.56 Å². The molecule has 0 bridgehead atoms. The summed E-state index contributed by atoms with van der Waals surface area (Å²) in [6.07, 6.45) is 2.32. The van der Waals surface area contributed by atoms with Gasteiger partial charge in [0.25, 0.3) is 0 Å². The summed E-state index contributed by atoms with van der Waals surface area (Å²) in [5.74, 6) is 0.171. The minimum atomic E-state index is 0.171. The molecule has 1 aliphatic rings. The summed E-state index contributed by atoms with van der Waals surface area (Å²) in [5.41, 5.74) is 3.59. The third-order valence-electron chi connectivity index (χ3n) is 2.31. The van der Waals surface area contributed by atoms with Gasteiger partial charge in [-0.3, -0.25) is 4.79 Å². The molecular formula is C10H9BrO. The van der Waals surface area contributed by atoms with E-state index in [2.05, 4.69) is 22.0 Å². The number of alkyl halides is 1. The number of rotatable bonds is 2. The number of ketones is 1. The van der Waals surface area contributed by atoms with Crippen LogP contribution in [0.1, 0.15) is 21.5 Å². The summed E-state index contributed by atoms with van der Waals surface area (Å²) < 4.78 is 0. The van der Waals surface area contributed by atoms with Crippen molar-refractivity contribution in [3.63, 3.8) is 0 Å². The third kappa shape index (κ3) is 1.20. The number of carbonyl (C=O) groups is 1. The van der Waals surface area contributed by atoms with Crippen LogP contribution in [-0.2, 0) is 12.8 Å². The van der Waals surface area contributed by atoms with Gasteiger partial charge in [-0.15, -0.1) is 0 Å². The molecule has 0 saturated carbocycles. The first-order valence-corrected chi connectivity index (χ1v) is 5.14. The number of hydrogen-bond acceptors (Lipinski definition) is 1. The van der Waals surface area contributed by atoms with Crippen molar-refractivity contribution in [3.05, 3.63) is 34.9 Å². The van der Waals surface area contributed by atoms with E-state index in [9.17, 15) is 4.79 Å². The summed E-state index contributed by atoms with van der Waals surface area (Å²) in [6.45, 7) is 0. The van der Waals surface area contributed by atoms with Crippen molar-refractivity contribution in [1.82, 2.24) is 0 Å². The van der Waals surface area contributed by atoms with Crippen LogP contribution in [0.5, 0.6) is 0 Å². The summed E-state index contributed by atoms with van der Waals surface area (Å²) >= 11 is 3.16. The van der Waals surface area contributed by atoms with Gasteiger partial charge in [0.1, 0.15) is 0 Å². The second kappa shape index (κ2) is 3.02. The molecule has 0 unspecified atom stereocenters. The normalized spacial score (nSPS) is 13.4. The van der Waals surface area contributed by atoms with Crippen molar-refractivity contribution in [2.45, 2.75) is 12.8 Å². The number of fused-ring (bicyclic) bond motifs is 1. The topological polar surface area (TPSA) is 17.1 Å². The molecule has 0 heterocycles. The van der Waals surface area contributed by atoms with Gasteiger partial charge >= 0.3 is 0 Å². The molecule has 0 N–H and O–H groups in total. The average Bonchev–Trinajstić information content (AvgIpc) is 2.06. The van der Waals surface area contributed by atoms with Gasteiger partial charge in [0.15, 0.2) is 5.78 Å². The van der Waals surface area contributed by atoms with Crippen LogP contribution < -0.4 is 0 Å². The van der Waals surface area contributed by atoms with E-state index in [1.807, 2.05) is 12.1 Å².